The summed E-state index contributed by atoms with van der Waals surface area (Å²) < 4.78 is 25.0. The van der Waals surface area contributed by atoms with Crippen molar-refractivity contribution < 1.29 is 23.5 Å². The number of carbonyl (C=O) groups excluding carboxylic acids is 2. The molecule has 0 radical (unpaired) electrons. The van der Waals surface area contributed by atoms with Crippen molar-refractivity contribution in [2.24, 2.45) is 10.9 Å². The van der Waals surface area contributed by atoms with E-state index >= 15 is 0 Å². The summed E-state index contributed by atoms with van der Waals surface area (Å²) in [5, 5.41) is 0. The van der Waals surface area contributed by atoms with Gasteiger partial charge in [0.05, 0.1) is 31.1 Å². The second-order valence-corrected chi connectivity index (χ2v) is 7.36. The van der Waals surface area contributed by atoms with E-state index in [0.717, 1.165) is 24.2 Å². The zero-order valence-electron chi connectivity index (χ0n) is 17.8. The molecule has 0 N–H and O–H groups in total. The highest BCUT2D eigenvalue weighted by Crippen LogP contribution is 2.20. The van der Waals surface area contributed by atoms with Crippen molar-refractivity contribution in [1.82, 2.24) is 4.90 Å². The summed E-state index contributed by atoms with van der Waals surface area (Å²) in [6.45, 7) is 7.06. The average Bonchev–Trinajstić information content (AvgIpc) is 2.77. The average molecular weight is 426 g/mol. The van der Waals surface area contributed by atoms with Crippen molar-refractivity contribution in [2.45, 2.75) is 20.4 Å². The lowest BCUT2D eigenvalue weighted by Gasteiger charge is -2.26. The summed E-state index contributed by atoms with van der Waals surface area (Å²) in [5.74, 6) is -3.41. The fourth-order valence-corrected chi connectivity index (χ4v) is 3.38. The Hall–Kier alpha value is -2.90. The summed E-state index contributed by atoms with van der Waals surface area (Å²) in [5.41, 5.74) is 2.18. The van der Waals surface area contributed by atoms with Gasteiger partial charge in [0, 0.05) is 25.8 Å². The van der Waals surface area contributed by atoms with Crippen molar-refractivity contribution in [3.63, 3.8) is 0 Å². The molecule has 1 aliphatic heterocycles. The number of nitrogens with zero attached hydrogens (tertiary/aromatic N) is 2. The predicted molar refractivity (Wildman–Crippen MR) is 116 cm³/mol. The van der Waals surface area contributed by atoms with Crippen molar-refractivity contribution in [3.8, 4) is 0 Å². The number of Topliss-reactive ketones (excluding diaryl/α,β-unsaturated/α-hetero) is 1. The zero-order chi connectivity index (χ0) is 22.2. The second kappa shape index (κ2) is 10.9. The van der Waals surface area contributed by atoms with Crippen LogP contribution < -0.4 is 0 Å². The number of halogens is 1. The van der Waals surface area contributed by atoms with Gasteiger partial charge in [-0.2, -0.15) is 0 Å². The zero-order valence-corrected chi connectivity index (χ0v) is 17.8. The minimum Gasteiger partial charge on any atom is -0.465 e. The van der Waals surface area contributed by atoms with Gasteiger partial charge < -0.3 is 9.47 Å². The molecule has 6 nitrogen and oxygen atoms in total. The summed E-state index contributed by atoms with van der Waals surface area (Å²) in [4.78, 5) is 32.1. The van der Waals surface area contributed by atoms with E-state index in [9.17, 15) is 14.0 Å². The van der Waals surface area contributed by atoms with Gasteiger partial charge in [-0.3, -0.25) is 19.5 Å². The largest absolute Gasteiger partial charge is 0.465 e. The number of ketones is 1. The standard InChI is InChI=1S/C24H27FN2O4/c1-3-31-24(29)20(15-26-22-7-5-4-6-17(22)2)23(28)19-14-18(8-9-21(19)25)16-27-10-12-30-13-11-27/h4-9,14-15,20H,3,10-13,16H2,1-2H3. The number of carbonyl (C=O) groups is 2. The normalized spacial score (nSPS) is 15.7. The van der Waals surface area contributed by atoms with E-state index in [1.807, 2.05) is 25.1 Å². The Bertz CT molecular complexity index is 954. The van der Waals surface area contributed by atoms with Crippen LogP contribution in [0.3, 0.4) is 0 Å². The first-order valence-electron chi connectivity index (χ1n) is 10.4. The Morgan fingerprint density at radius 3 is 2.68 bits per heavy atom. The number of para-hydroxylation sites is 1. The maximum Gasteiger partial charge on any atom is 0.322 e. The number of hydrogen-bond donors (Lipinski definition) is 0. The molecule has 0 aliphatic carbocycles. The monoisotopic (exact) mass is 426 g/mol. The molecule has 1 unspecified atom stereocenters. The Morgan fingerprint density at radius 1 is 1.23 bits per heavy atom. The van der Waals surface area contributed by atoms with Crippen LogP contribution in [0.5, 0.6) is 0 Å². The SMILES string of the molecule is CCOC(=O)C(C=Nc1ccccc1C)C(=O)c1cc(CN2CCOCC2)ccc1F. The molecule has 0 aromatic heterocycles. The number of benzene rings is 2. The summed E-state index contributed by atoms with van der Waals surface area (Å²) in [6, 6.07) is 11.8. The molecule has 3 rings (SSSR count). The van der Waals surface area contributed by atoms with Crippen LogP contribution in [0.25, 0.3) is 0 Å². The summed E-state index contributed by atoms with van der Waals surface area (Å²) in [6.07, 6.45) is 1.25. The maximum absolute atomic E-state index is 14.6. The van der Waals surface area contributed by atoms with Gasteiger partial charge in [-0.25, -0.2) is 4.39 Å². The van der Waals surface area contributed by atoms with E-state index in [1.165, 1.54) is 18.3 Å². The fraction of sp³-hybridized carbons (Fsp3) is 0.375. The lowest BCUT2D eigenvalue weighted by atomic mass is 9.96. The molecule has 1 atom stereocenters. The number of esters is 1. The molecule has 0 amide bonds. The number of ether oxygens (including phenoxy) is 2. The van der Waals surface area contributed by atoms with Crippen LogP contribution in [-0.2, 0) is 20.8 Å². The molecule has 2 aromatic rings. The third kappa shape index (κ3) is 6.06. The first kappa shape index (κ1) is 22.8. The lowest BCUT2D eigenvalue weighted by molar-refractivity contribution is -0.143. The van der Waals surface area contributed by atoms with Crippen LogP contribution >= 0.6 is 0 Å². The molecular formula is C24H27FN2O4. The maximum atomic E-state index is 14.6. The molecule has 31 heavy (non-hydrogen) atoms. The highest BCUT2D eigenvalue weighted by atomic mass is 19.1. The molecule has 164 valence electrons. The molecule has 1 fully saturated rings. The van der Waals surface area contributed by atoms with Crippen LogP contribution in [0.15, 0.2) is 47.5 Å². The molecule has 1 heterocycles. The fourth-order valence-electron chi connectivity index (χ4n) is 3.38. The van der Waals surface area contributed by atoms with E-state index in [4.69, 9.17) is 9.47 Å². The van der Waals surface area contributed by atoms with Crippen LogP contribution in [0.4, 0.5) is 10.1 Å². The van der Waals surface area contributed by atoms with Gasteiger partial charge in [0.1, 0.15) is 5.82 Å². The molecular weight excluding hydrogens is 399 g/mol. The highest BCUT2D eigenvalue weighted by Gasteiger charge is 2.30. The van der Waals surface area contributed by atoms with E-state index in [2.05, 4.69) is 9.89 Å². The summed E-state index contributed by atoms with van der Waals surface area (Å²) in [7, 11) is 0. The van der Waals surface area contributed by atoms with E-state index in [-0.39, 0.29) is 12.2 Å². The number of aryl methyl sites for hydroxylation is 1. The molecule has 1 saturated heterocycles. The van der Waals surface area contributed by atoms with Crippen molar-refractivity contribution in [3.05, 3.63) is 65.0 Å². The quantitative estimate of drug-likeness (QED) is 0.278. The number of aliphatic imine (C=N–C) groups is 1. The first-order chi connectivity index (χ1) is 15.0. The molecule has 0 saturated carbocycles. The molecule has 2 aromatic carbocycles. The van der Waals surface area contributed by atoms with Gasteiger partial charge in [-0.1, -0.05) is 24.3 Å². The van der Waals surface area contributed by atoms with E-state index < -0.39 is 23.5 Å². The second-order valence-electron chi connectivity index (χ2n) is 7.36. The van der Waals surface area contributed by atoms with Crippen molar-refractivity contribution in [1.29, 1.82) is 0 Å². The minimum absolute atomic E-state index is 0.111. The van der Waals surface area contributed by atoms with Gasteiger partial charge in [-0.05, 0) is 43.2 Å². The van der Waals surface area contributed by atoms with E-state index in [0.29, 0.717) is 25.4 Å². The molecule has 1 aliphatic rings. The third-order valence-electron chi connectivity index (χ3n) is 5.11. The Morgan fingerprint density at radius 2 is 1.97 bits per heavy atom. The predicted octanol–water partition coefficient (Wildman–Crippen LogP) is 3.73. The smallest absolute Gasteiger partial charge is 0.322 e. The minimum atomic E-state index is -1.33. The first-order valence-corrected chi connectivity index (χ1v) is 10.4. The Balaban J connectivity index is 1.86. The molecule has 0 spiro atoms. The Labute approximate surface area is 181 Å². The third-order valence-corrected chi connectivity index (χ3v) is 5.11. The highest BCUT2D eigenvalue weighted by molar-refractivity contribution is 6.18. The van der Waals surface area contributed by atoms with E-state index in [1.54, 1.807) is 19.1 Å². The van der Waals surface area contributed by atoms with Gasteiger partial charge >= 0.3 is 5.97 Å². The van der Waals surface area contributed by atoms with Crippen LogP contribution in [0.1, 0.15) is 28.4 Å². The van der Waals surface area contributed by atoms with Crippen LogP contribution in [-0.4, -0.2) is 55.8 Å². The van der Waals surface area contributed by atoms with Crippen LogP contribution in [0.2, 0.25) is 0 Å². The van der Waals surface area contributed by atoms with Crippen molar-refractivity contribution in [2.75, 3.05) is 32.9 Å². The van der Waals surface area contributed by atoms with Gasteiger partial charge in [0.15, 0.2) is 11.7 Å². The molecule has 7 heteroatoms. The van der Waals surface area contributed by atoms with Gasteiger partial charge in [-0.15, -0.1) is 0 Å². The topological polar surface area (TPSA) is 68.2 Å². The van der Waals surface area contributed by atoms with Crippen molar-refractivity contribution >= 4 is 23.7 Å². The van der Waals surface area contributed by atoms with Gasteiger partial charge in [0.2, 0.25) is 0 Å². The summed E-state index contributed by atoms with van der Waals surface area (Å²) >= 11 is 0. The Kier molecular flexibility index (Phi) is 8.03. The lowest BCUT2D eigenvalue weighted by Crippen LogP contribution is -2.35. The number of morpholine rings is 1. The van der Waals surface area contributed by atoms with Gasteiger partial charge in [0.25, 0.3) is 0 Å². The van der Waals surface area contributed by atoms with Crippen LogP contribution in [0, 0.1) is 18.7 Å². The number of rotatable bonds is 8. The number of hydrogen-bond acceptors (Lipinski definition) is 6. The molecule has 0 bridgehead atoms.